The van der Waals surface area contributed by atoms with E-state index in [2.05, 4.69) is 5.32 Å². The minimum Gasteiger partial charge on any atom is -0.367 e. The summed E-state index contributed by atoms with van der Waals surface area (Å²) >= 11 is 0. The molecule has 1 heterocycles. The standard InChI is InChI=1S/C20H22F3N3O2/c1-24-19(27)26(28)16-9-10-18-14(12-16)6-4-5-11-25(18)13-15-7-2-3-8-17(15)20(21,22)23/h2-3,7-10,12,28H,4-6,11,13H2,1H3,(H,24,27). The van der Waals surface area contributed by atoms with Crippen molar-refractivity contribution in [2.75, 3.05) is 23.6 Å². The molecule has 2 N–H and O–H groups in total. The zero-order chi connectivity index (χ0) is 20.3. The van der Waals surface area contributed by atoms with Crippen molar-refractivity contribution in [3.63, 3.8) is 0 Å². The van der Waals surface area contributed by atoms with Gasteiger partial charge in [0.25, 0.3) is 0 Å². The highest BCUT2D eigenvalue weighted by Gasteiger charge is 2.33. The average molecular weight is 393 g/mol. The molecule has 0 fully saturated rings. The first-order chi connectivity index (χ1) is 13.3. The summed E-state index contributed by atoms with van der Waals surface area (Å²) < 4.78 is 40.0. The van der Waals surface area contributed by atoms with Gasteiger partial charge in [-0.2, -0.15) is 18.2 Å². The maximum absolute atomic E-state index is 13.3. The van der Waals surface area contributed by atoms with Gasteiger partial charge >= 0.3 is 12.2 Å². The Hall–Kier alpha value is -2.74. The summed E-state index contributed by atoms with van der Waals surface area (Å²) in [5.74, 6) is 0. The molecule has 28 heavy (non-hydrogen) atoms. The largest absolute Gasteiger partial charge is 0.416 e. The molecular formula is C20H22F3N3O2. The second-order valence-electron chi connectivity index (χ2n) is 6.71. The normalized spacial score (nSPS) is 14.2. The van der Waals surface area contributed by atoms with E-state index in [9.17, 15) is 23.2 Å². The lowest BCUT2D eigenvalue weighted by Crippen LogP contribution is -2.35. The summed E-state index contributed by atoms with van der Waals surface area (Å²) in [6.07, 6.45) is -1.96. The summed E-state index contributed by atoms with van der Waals surface area (Å²) in [6.45, 7) is 0.775. The highest BCUT2D eigenvalue weighted by atomic mass is 19.4. The second-order valence-corrected chi connectivity index (χ2v) is 6.71. The van der Waals surface area contributed by atoms with E-state index in [4.69, 9.17) is 0 Å². The molecular weight excluding hydrogens is 371 g/mol. The number of carbonyl (C=O) groups is 1. The molecule has 0 unspecified atom stereocenters. The second kappa shape index (κ2) is 8.10. The number of fused-ring (bicyclic) bond motifs is 1. The van der Waals surface area contributed by atoms with E-state index in [-0.39, 0.29) is 12.1 Å². The molecule has 1 aliphatic rings. The van der Waals surface area contributed by atoms with Gasteiger partial charge in [0.05, 0.1) is 11.3 Å². The third-order valence-corrected chi connectivity index (χ3v) is 4.86. The first kappa shape index (κ1) is 20.0. The van der Waals surface area contributed by atoms with Gasteiger partial charge in [-0.25, -0.2) is 4.79 Å². The summed E-state index contributed by atoms with van der Waals surface area (Å²) in [7, 11) is 1.41. The van der Waals surface area contributed by atoms with Crippen LogP contribution in [0.25, 0.3) is 0 Å². The number of anilines is 2. The molecule has 0 atom stereocenters. The number of rotatable bonds is 3. The van der Waals surface area contributed by atoms with Gasteiger partial charge in [-0.1, -0.05) is 18.2 Å². The Morgan fingerprint density at radius 2 is 1.96 bits per heavy atom. The number of nitrogens with one attached hydrogen (secondary N) is 1. The van der Waals surface area contributed by atoms with Crippen LogP contribution in [-0.2, 0) is 19.1 Å². The number of halogens is 3. The number of hydroxylamine groups is 1. The number of carbonyl (C=O) groups excluding carboxylic acids is 1. The molecule has 5 nitrogen and oxygen atoms in total. The van der Waals surface area contributed by atoms with E-state index in [1.54, 1.807) is 24.3 Å². The number of hydrogen-bond donors (Lipinski definition) is 2. The summed E-state index contributed by atoms with van der Waals surface area (Å²) in [6, 6.07) is 9.99. The molecule has 0 spiro atoms. The highest BCUT2D eigenvalue weighted by molar-refractivity contribution is 5.89. The van der Waals surface area contributed by atoms with Gasteiger partial charge in [0, 0.05) is 25.8 Å². The SMILES string of the molecule is CNC(=O)N(O)c1ccc2c(c1)CCCCN2Cc1ccccc1C(F)(F)F. The maximum atomic E-state index is 13.3. The third kappa shape index (κ3) is 4.22. The van der Waals surface area contributed by atoms with Crippen LogP contribution in [-0.4, -0.2) is 24.8 Å². The number of alkyl halides is 3. The molecule has 0 saturated heterocycles. The molecule has 0 aliphatic carbocycles. The van der Waals surface area contributed by atoms with Gasteiger partial charge in [-0.15, -0.1) is 0 Å². The van der Waals surface area contributed by atoms with Crippen LogP contribution >= 0.6 is 0 Å². The maximum Gasteiger partial charge on any atom is 0.416 e. The monoisotopic (exact) mass is 393 g/mol. The fourth-order valence-corrected chi connectivity index (χ4v) is 3.48. The summed E-state index contributed by atoms with van der Waals surface area (Å²) in [5, 5.41) is 12.8. The van der Waals surface area contributed by atoms with Gasteiger partial charge in [-0.3, -0.25) is 5.21 Å². The van der Waals surface area contributed by atoms with Crippen molar-refractivity contribution in [3.05, 3.63) is 59.2 Å². The highest BCUT2D eigenvalue weighted by Crippen LogP contribution is 2.35. The van der Waals surface area contributed by atoms with Gasteiger partial charge in [0.1, 0.15) is 0 Å². The predicted molar refractivity (Wildman–Crippen MR) is 101 cm³/mol. The summed E-state index contributed by atoms with van der Waals surface area (Å²) in [5.41, 5.74) is 1.63. The molecule has 3 rings (SSSR count). The first-order valence-corrected chi connectivity index (χ1v) is 9.05. The van der Waals surface area contributed by atoms with Crippen LogP contribution in [0.1, 0.15) is 29.5 Å². The van der Waals surface area contributed by atoms with Crippen molar-refractivity contribution in [1.82, 2.24) is 5.32 Å². The van der Waals surface area contributed by atoms with Crippen molar-refractivity contribution in [2.45, 2.75) is 32.0 Å². The van der Waals surface area contributed by atoms with Crippen molar-refractivity contribution < 1.29 is 23.2 Å². The lowest BCUT2D eigenvalue weighted by Gasteiger charge is -2.27. The van der Waals surface area contributed by atoms with Crippen LogP contribution in [0.15, 0.2) is 42.5 Å². The number of urea groups is 1. The Bertz CT molecular complexity index is 855. The quantitative estimate of drug-likeness (QED) is 0.593. The molecule has 8 heteroatoms. The smallest absolute Gasteiger partial charge is 0.367 e. The number of hydrogen-bond acceptors (Lipinski definition) is 3. The van der Waals surface area contributed by atoms with Gasteiger partial charge < -0.3 is 10.2 Å². The van der Waals surface area contributed by atoms with Crippen LogP contribution in [0.4, 0.5) is 29.3 Å². The van der Waals surface area contributed by atoms with E-state index in [1.165, 1.54) is 19.2 Å². The number of benzene rings is 2. The van der Waals surface area contributed by atoms with E-state index in [0.717, 1.165) is 36.6 Å². The Morgan fingerprint density at radius 3 is 2.68 bits per heavy atom. The van der Waals surface area contributed by atoms with Gasteiger partial charge in [0.15, 0.2) is 0 Å². The lowest BCUT2D eigenvalue weighted by molar-refractivity contribution is -0.138. The molecule has 0 saturated carbocycles. The summed E-state index contributed by atoms with van der Waals surface area (Å²) in [4.78, 5) is 13.6. The van der Waals surface area contributed by atoms with Gasteiger partial charge in [-0.05, 0) is 54.7 Å². The Labute approximate surface area is 161 Å². The molecule has 1 aliphatic heterocycles. The van der Waals surface area contributed by atoms with Crippen LogP contribution in [0.3, 0.4) is 0 Å². The fourth-order valence-electron chi connectivity index (χ4n) is 3.48. The number of amides is 2. The third-order valence-electron chi connectivity index (χ3n) is 4.86. The molecule has 2 aromatic carbocycles. The minimum absolute atomic E-state index is 0.139. The molecule has 2 amide bonds. The van der Waals surface area contributed by atoms with Crippen LogP contribution in [0.2, 0.25) is 0 Å². The Morgan fingerprint density at radius 1 is 1.21 bits per heavy atom. The van der Waals surface area contributed by atoms with Crippen molar-refractivity contribution in [3.8, 4) is 0 Å². The van der Waals surface area contributed by atoms with E-state index >= 15 is 0 Å². The predicted octanol–water partition coefficient (Wildman–Crippen LogP) is 4.58. The molecule has 0 radical (unpaired) electrons. The zero-order valence-electron chi connectivity index (χ0n) is 15.5. The van der Waals surface area contributed by atoms with Crippen molar-refractivity contribution >= 4 is 17.4 Å². The topological polar surface area (TPSA) is 55.8 Å². The van der Waals surface area contributed by atoms with E-state index < -0.39 is 17.8 Å². The minimum atomic E-state index is -4.40. The Kier molecular flexibility index (Phi) is 5.79. The zero-order valence-corrected chi connectivity index (χ0v) is 15.5. The molecule has 2 aromatic rings. The van der Waals surface area contributed by atoms with Gasteiger partial charge in [0.2, 0.25) is 0 Å². The van der Waals surface area contributed by atoms with Crippen molar-refractivity contribution in [2.24, 2.45) is 0 Å². The van der Waals surface area contributed by atoms with Crippen LogP contribution < -0.4 is 15.3 Å². The average Bonchev–Trinajstić information content (AvgIpc) is 2.88. The van der Waals surface area contributed by atoms with Crippen molar-refractivity contribution in [1.29, 1.82) is 0 Å². The van der Waals surface area contributed by atoms with Crippen LogP contribution in [0, 0.1) is 0 Å². The van der Waals surface area contributed by atoms with E-state index in [0.29, 0.717) is 17.3 Å². The van der Waals surface area contributed by atoms with E-state index in [1.807, 2.05) is 4.90 Å². The molecule has 0 aromatic heterocycles. The number of aryl methyl sites for hydroxylation is 1. The number of nitrogens with zero attached hydrogens (tertiary/aromatic N) is 2. The molecule has 0 bridgehead atoms. The fraction of sp³-hybridized carbons (Fsp3) is 0.350. The first-order valence-electron chi connectivity index (χ1n) is 9.05. The van der Waals surface area contributed by atoms with Crippen LogP contribution in [0.5, 0.6) is 0 Å². The molecule has 150 valence electrons. The lowest BCUT2D eigenvalue weighted by atomic mass is 10.0. The Balaban J connectivity index is 1.93.